The molecule has 0 N–H and O–H groups in total. The first-order chi connectivity index (χ1) is 8.69. The fourth-order valence-corrected chi connectivity index (χ4v) is 2.49. The lowest BCUT2D eigenvalue weighted by atomic mass is 10.1. The molecule has 0 radical (unpaired) electrons. The zero-order valence-corrected chi connectivity index (χ0v) is 12.3. The molecule has 18 heavy (non-hydrogen) atoms. The molecule has 0 bridgehead atoms. The van der Waals surface area contributed by atoms with Gasteiger partial charge in [-0.05, 0) is 43.9 Å². The monoisotopic (exact) mass is 251 g/mol. The second-order valence-electron chi connectivity index (χ2n) is 5.53. The van der Waals surface area contributed by atoms with Crippen LogP contribution in [0.5, 0.6) is 0 Å². The van der Waals surface area contributed by atoms with Crippen LogP contribution in [-0.4, -0.2) is 23.9 Å². The number of nitrogens with zero attached hydrogens (tertiary/aromatic N) is 1. The fraction of sp³-hybridized carbons (Fsp3) is 0.812. The number of hydrogen-bond donors (Lipinski definition) is 0. The van der Waals surface area contributed by atoms with E-state index in [4.69, 9.17) is 0 Å². The summed E-state index contributed by atoms with van der Waals surface area (Å²) in [6.07, 6.45) is 11.8. The van der Waals surface area contributed by atoms with Crippen molar-refractivity contribution in [2.75, 3.05) is 13.1 Å². The Labute approximate surface area is 112 Å². The van der Waals surface area contributed by atoms with Gasteiger partial charge in [0, 0.05) is 20.0 Å². The highest BCUT2D eigenvalue weighted by atomic mass is 16.2. The summed E-state index contributed by atoms with van der Waals surface area (Å²) in [6, 6.07) is 0. The predicted octanol–water partition coefficient (Wildman–Crippen LogP) is 4.02. The molecule has 104 valence electrons. The first kappa shape index (κ1) is 15.3. The Morgan fingerprint density at radius 2 is 2.06 bits per heavy atom. The smallest absolute Gasteiger partial charge is 0.219 e. The van der Waals surface area contributed by atoms with E-state index in [0.717, 1.165) is 37.8 Å². The van der Waals surface area contributed by atoms with Gasteiger partial charge in [0.15, 0.2) is 0 Å². The summed E-state index contributed by atoms with van der Waals surface area (Å²) in [6.45, 7) is 8.01. The summed E-state index contributed by atoms with van der Waals surface area (Å²) in [5.41, 5.74) is 0. The molecule has 0 unspecified atom stereocenters. The van der Waals surface area contributed by atoms with E-state index in [1.54, 1.807) is 6.92 Å². The summed E-state index contributed by atoms with van der Waals surface area (Å²) in [5.74, 6) is 1.90. The van der Waals surface area contributed by atoms with Crippen molar-refractivity contribution >= 4 is 5.91 Å². The molecule has 0 aliphatic heterocycles. The van der Waals surface area contributed by atoms with Crippen LogP contribution in [0.2, 0.25) is 0 Å². The largest absolute Gasteiger partial charge is 0.343 e. The number of carbonyl (C=O) groups excluding carboxylic acids is 1. The average molecular weight is 251 g/mol. The maximum Gasteiger partial charge on any atom is 0.219 e. The molecule has 2 atom stereocenters. The van der Waals surface area contributed by atoms with Crippen LogP contribution < -0.4 is 0 Å². The minimum absolute atomic E-state index is 0.250. The van der Waals surface area contributed by atoms with Crippen LogP contribution in [0.4, 0.5) is 0 Å². The third-order valence-corrected chi connectivity index (χ3v) is 3.86. The minimum Gasteiger partial charge on any atom is -0.343 e. The molecule has 1 aliphatic carbocycles. The Balaban J connectivity index is 2.18. The van der Waals surface area contributed by atoms with Crippen LogP contribution >= 0.6 is 0 Å². The third kappa shape index (κ3) is 5.70. The lowest BCUT2D eigenvalue weighted by molar-refractivity contribution is -0.129. The summed E-state index contributed by atoms with van der Waals surface area (Å²) < 4.78 is 0. The molecule has 2 heteroatoms. The number of rotatable bonds is 9. The van der Waals surface area contributed by atoms with Crippen molar-refractivity contribution in [3.05, 3.63) is 12.2 Å². The van der Waals surface area contributed by atoms with Crippen LogP contribution in [-0.2, 0) is 4.79 Å². The van der Waals surface area contributed by atoms with Gasteiger partial charge in [-0.2, -0.15) is 0 Å². The minimum atomic E-state index is 0.250. The van der Waals surface area contributed by atoms with Crippen LogP contribution in [0.25, 0.3) is 0 Å². The quantitative estimate of drug-likeness (QED) is 0.567. The van der Waals surface area contributed by atoms with Crippen LogP contribution in [0.1, 0.15) is 59.3 Å². The van der Waals surface area contributed by atoms with Crippen LogP contribution in [0, 0.1) is 11.8 Å². The van der Waals surface area contributed by atoms with E-state index < -0.39 is 0 Å². The highest BCUT2D eigenvalue weighted by Gasteiger charge is 2.37. The van der Waals surface area contributed by atoms with Gasteiger partial charge in [-0.15, -0.1) is 0 Å². The van der Waals surface area contributed by atoms with Crippen molar-refractivity contribution in [3.8, 4) is 0 Å². The number of hydrogen-bond acceptors (Lipinski definition) is 1. The van der Waals surface area contributed by atoms with Gasteiger partial charge in [-0.25, -0.2) is 0 Å². The van der Waals surface area contributed by atoms with Crippen molar-refractivity contribution in [2.45, 2.75) is 59.3 Å². The van der Waals surface area contributed by atoms with E-state index in [-0.39, 0.29) is 5.91 Å². The molecule has 0 heterocycles. The summed E-state index contributed by atoms with van der Waals surface area (Å²) in [5, 5.41) is 0. The molecule has 0 saturated heterocycles. The van der Waals surface area contributed by atoms with Crippen molar-refractivity contribution in [3.63, 3.8) is 0 Å². The molecule has 2 nitrogen and oxygen atoms in total. The zero-order valence-electron chi connectivity index (χ0n) is 12.3. The SMILES string of the molecule is CC/C=C\CC[C@H]1C[C@H]1CN(CCCC)C(C)=O. The van der Waals surface area contributed by atoms with E-state index >= 15 is 0 Å². The summed E-state index contributed by atoms with van der Waals surface area (Å²) in [7, 11) is 0. The molecule has 0 spiro atoms. The molecule has 1 amide bonds. The number of carbonyl (C=O) groups is 1. The number of allylic oxidation sites excluding steroid dienone is 2. The van der Waals surface area contributed by atoms with Crippen molar-refractivity contribution in [2.24, 2.45) is 11.8 Å². The zero-order chi connectivity index (χ0) is 13.4. The third-order valence-electron chi connectivity index (χ3n) is 3.86. The van der Waals surface area contributed by atoms with Crippen molar-refractivity contribution in [1.82, 2.24) is 4.90 Å². The van der Waals surface area contributed by atoms with Gasteiger partial charge < -0.3 is 4.90 Å². The molecule has 1 aliphatic rings. The van der Waals surface area contributed by atoms with Gasteiger partial charge in [-0.3, -0.25) is 4.79 Å². The standard InChI is InChI=1S/C16H29NO/c1-4-6-8-9-10-15-12-16(15)13-17(14(3)18)11-7-5-2/h6,8,15-16H,4-5,7,9-13H2,1-3H3/b8-6-/t15-,16-/m0/s1. The van der Waals surface area contributed by atoms with Crippen molar-refractivity contribution < 1.29 is 4.79 Å². The number of amides is 1. The fourth-order valence-electron chi connectivity index (χ4n) is 2.49. The average Bonchev–Trinajstić information content (AvgIpc) is 3.08. The van der Waals surface area contributed by atoms with Gasteiger partial charge in [0.1, 0.15) is 0 Å². The molecule has 0 aromatic heterocycles. The number of unbranched alkanes of at least 4 members (excludes halogenated alkanes) is 1. The Bertz CT molecular complexity index is 272. The predicted molar refractivity (Wildman–Crippen MR) is 77.4 cm³/mol. The first-order valence-electron chi connectivity index (χ1n) is 7.59. The van der Waals surface area contributed by atoms with Crippen LogP contribution in [0.3, 0.4) is 0 Å². The van der Waals surface area contributed by atoms with Gasteiger partial charge in [0.25, 0.3) is 0 Å². The summed E-state index contributed by atoms with van der Waals surface area (Å²) >= 11 is 0. The molecule has 0 aromatic rings. The highest BCUT2D eigenvalue weighted by Crippen LogP contribution is 2.42. The van der Waals surface area contributed by atoms with Gasteiger partial charge in [0.05, 0.1) is 0 Å². The van der Waals surface area contributed by atoms with E-state index in [9.17, 15) is 4.79 Å². The van der Waals surface area contributed by atoms with E-state index in [1.807, 2.05) is 0 Å². The second kappa shape index (κ2) is 8.34. The summed E-state index contributed by atoms with van der Waals surface area (Å²) in [4.78, 5) is 13.6. The maximum atomic E-state index is 11.5. The maximum absolute atomic E-state index is 11.5. The van der Waals surface area contributed by atoms with Gasteiger partial charge >= 0.3 is 0 Å². The first-order valence-corrected chi connectivity index (χ1v) is 7.59. The van der Waals surface area contributed by atoms with Gasteiger partial charge in [0.2, 0.25) is 5.91 Å². The van der Waals surface area contributed by atoms with E-state index in [2.05, 4.69) is 30.9 Å². The van der Waals surface area contributed by atoms with Crippen LogP contribution in [0.15, 0.2) is 12.2 Å². The molecule has 0 aromatic carbocycles. The molecular formula is C16H29NO. The normalized spacial score (nSPS) is 22.4. The Kier molecular flexibility index (Phi) is 7.07. The second-order valence-corrected chi connectivity index (χ2v) is 5.53. The van der Waals surface area contributed by atoms with E-state index in [1.165, 1.54) is 25.7 Å². The molecule has 1 fully saturated rings. The highest BCUT2D eigenvalue weighted by molar-refractivity contribution is 5.73. The topological polar surface area (TPSA) is 20.3 Å². The Hall–Kier alpha value is -0.790. The lowest BCUT2D eigenvalue weighted by Crippen LogP contribution is -2.32. The van der Waals surface area contributed by atoms with E-state index in [0.29, 0.717) is 0 Å². The Morgan fingerprint density at radius 1 is 1.28 bits per heavy atom. The lowest BCUT2D eigenvalue weighted by Gasteiger charge is -2.20. The Morgan fingerprint density at radius 3 is 2.67 bits per heavy atom. The molecule has 1 saturated carbocycles. The van der Waals surface area contributed by atoms with Gasteiger partial charge in [-0.1, -0.05) is 32.4 Å². The molecule has 1 rings (SSSR count). The molecular weight excluding hydrogens is 222 g/mol. The van der Waals surface area contributed by atoms with Crippen molar-refractivity contribution in [1.29, 1.82) is 0 Å².